The van der Waals surface area contributed by atoms with Crippen LogP contribution in [0.1, 0.15) is 18.1 Å². The van der Waals surface area contributed by atoms with Crippen LogP contribution in [0.3, 0.4) is 0 Å². The monoisotopic (exact) mass is 432 g/mol. The van der Waals surface area contributed by atoms with E-state index in [2.05, 4.69) is 15.4 Å². The van der Waals surface area contributed by atoms with Crippen LogP contribution in [0.15, 0.2) is 61.2 Å². The number of amides is 1. The maximum Gasteiger partial charge on any atom is 0.244 e. The highest BCUT2D eigenvalue weighted by Crippen LogP contribution is 2.30. The van der Waals surface area contributed by atoms with Crippen LogP contribution in [0.5, 0.6) is 0 Å². The van der Waals surface area contributed by atoms with Crippen LogP contribution >= 0.6 is 11.6 Å². The van der Waals surface area contributed by atoms with Gasteiger partial charge in [-0.3, -0.25) is 4.79 Å². The third-order valence-corrected chi connectivity index (χ3v) is 4.89. The smallest absolute Gasteiger partial charge is 0.244 e. The summed E-state index contributed by atoms with van der Waals surface area (Å²) in [5.74, 6) is -2.21. The average molecular weight is 433 g/mol. The number of hydrogen-bond donors (Lipinski definition) is 2. The summed E-state index contributed by atoms with van der Waals surface area (Å²) in [7, 11) is 0. The molecule has 30 heavy (non-hydrogen) atoms. The summed E-state index contributed by atoms with van der Waals surface area (Å²) in [5, 5.41) is 18.5. The largest absolute Gasteiger partial charge is 0.381 e. The summed E-state index contributed by atoms with van der Waals surface area (Å²) >= 11 is 5.84. The second-order valence-corrected chi connectivity index (χ2v) is 7.19. The number of halogens is 3. The average Bonchev–Trinajstić information content (AvgIpc) is 3.20. The first-order valence-electron chi connectivity index (χ1n) is 9.02. The Morgan fingerprint density at radius 1 is 1.30 bits per heavy atom. The van der Waals surface area contributed by atoms with Crippen LogP contribution in [0.4, 0.5) is 8.78 Å². The van der Waals surface area contributed by atoms with Crippen molar-refractivity contribution in [3.05, 3.63) is 89.0 Å². The Kier molecular flexibility index (Phi) is 6.59. The summed E-state index contributed by atoms with van der Waals surface area (Å²) in [6.07, 6.45) is 5.48. The molecule has 0 radical (unpaired) electrons. The zero-order chi connectivity index (χ0) is 21.7. The number of rotatable bonds is 7. The number of benzene rings is 2. The molecule has 2 N–H and O–H groups in total. The van der Waals surface area contributed by atoms with Crippen LogP contribution in [0.25, 0.3) is 6.08 Å². The molecule has 1 aromatic heterocycles. The Balaban J connectivity index is 1.83. The molecule has 0 bridgehead atoms. The highest BCUT2D eigenvalue weighted by atomic mass is 35.5. The van der Waals surface area contributed by atoms with Crippen molar-refractivity contribution in [1.82, 2.24) is 20.1 Å². The molecule has 3 rings (SSSR count). The number of carbonyl (C=O) groups excluding carboxylic acids is 1. The third-order valence-electron chi connectivity index (χ3n) is 4.64. The zero-order valence-electron chi connectivity index (χ0n) is 16.0. The molecule has 2 unspecified atom stereocenters. The van der Waals surface area contributed by atoms with Crippen molar-refractivity contribution in [2.24, 2.45) is 0 Å². The quantitative estimate of drug-likeness (QED) is 0.561. The van der Waals surface area contributed by atoms with Crippen molar-refractivity contribution >= 4 is 23.6 Å². The molecule has 2 atom stereocenters. The van der Waals surface area contributed by atoms with Gasteiger partial charge in [-0.15, -0.1) is 0 Å². The van der Waals surface area contributed by atoms with E-state index in [1.807, 2.05) is 0 Å². The summed E-state index contributed by atoms with van der Waals surface area (Å²) in [6, 6.07) is 8.77. The van der Waals surface area contributed by atoms with Crippen LogP contribution in [-0.2, 0) is 16.9 Å². The number of hydrogen-bond acceptors (Lipinski definition) is 4. The second kappa shape index (κ2) is 9.15. The van der Waals surface area contributed by atoms with Crippen LogP contribution < -0.4 is 5.32 Å². The number of carbonyl (C=O) groups is 1. The van der Waals surface area contributed by atoms with E-state index in [1.54, 1.807) is 30.3 Å². The van der Waals surface area contributed by atoms with E-state index in [4.69, 9.17) is 11.6 Å². The topological polar surface area (TPSA) is 80.0 Å². The fourth-order valence-electron chi connectivity index (χ4n) is 2.98. The minimum Gasteiger partial charge on any atom is -0.381 e. The molecule has 0 fully saturated rings. The SMILES string of the molecule is CC(NC(=O)/C=C/c1ccc(Cl)cc1)C(O)(Cn1cncn1)c1ccc(F)cc1F. The lowest BCUT2D eigenvalue weighted by molar-refractivity contribution is -0.120. The third kappa shape index (κ3) is 5.08. The fraction of sp³-hybridized carbons (Fsp3) is 0.190. The molecule has 0 aliphatic rings. The standard InChI is InChI=1S/C21H19ClF2N4O2/c1-14(27-20(29)9-4-15-2-5-16(22)6-3-15)21(30,11-28-13-25-12-26-28)18-8-7-17(23)10-19(18)24/h2-10,12-14,30H,11H2,1H3,(H,27,29)/b9-4+. The van der Waals surface area contributed by atoms with E-state index >= 15 is 0 Å². The molecule has 1 heterocycles. The van der Waals surface area contributed by atoms with Crippen molar-refractivity contribution in [2.45, 2.75) is 25.1 Å². The van der Waals surface area contributed by atoms with E-state index in [9.17, 15) is 18.7 Å². The maximum atomic E-state index is 14.5. The normalized spacial score (nSPS) is 14.4. The summed E-state index contributed by atoms with van der Waals surface area (Å²) in [6.45, 7) is 1.31. The first kappa shape index (κ1) is 21.6. The van der Waals surface area contributed by atoms with E-state index < -0.39 is 29.2 Å². The van der Waals surface area contributed by atoms with Gasteiger partial charge in [0.2, 0.25) is 5.91 Å². The summed E-state index contributed by atoms with van der Waals surface area (Å²) < 4.78 is 29.2. The van der Waals surface area contributed by atoms with E-state index in [0.717, 1.165) is 17.7 Å². The van der Waals surface area contributed by atoms with Gasteiger partial charge in [-0.1, -0.05) is 29.8 Å². The van der Waals surface area contributed by atoms with Gasteiger partial charge in [0.15, 0.2) is 0 Å². The maximum absolute atomic E-state index is 14.5. The summed E-state index contributed by atoms with van der Waals surface area (Å²) in [5.41, 5.74) is -1.34. The molecule has 3 aromatic rings. The van der Waals surface area contributed by atoms with Gasteiger partial charge in [-0.2, -0.15) is 5.10 Å². The summed E-state index contributed by atoms with van der Waals surface area (Å²) in [4.78, 5) is 16.2. The van der Waals surface area contributed by atoms with E-state index in [-0.39, 0.29) is 12.1 Å². The molecule has 9 heteroatoms. The molecule has 0 aliphatic heterocycles. The molecule has 1 amide bonds. The lowest BCUT2D eigenvalue weighted by atomic mass is 9.86. The highest BCUT2D eigenvalue weighted by Gasteiger charge is 2.39. The van der Waals surface area contributed by atoms with E-state index in [1.165, 1.54) is 30.3 Å². The molecule has 0 saturated heterocycles. The van der Waals surface area contributed by atoms with Gasteiger partial charge in [-0.25, -0.2) is 18.4 Å². The second-order valence-electron chi connectivity index (χ2n) is 6.76. The van der Waals surface area contributed by atoms with Gasteiger partial charge in [0.05, 0.1) is 12.6 Å². The molecule has 0 saturated carbocycles. The molecule has 6 nitrogen and oxygen atoms in total. The Bertz CT molecular complexity index is 1040. The number of aromatic nitrogens is 3. The van der Waals surface area contributed by atoms with Crippen LogP contribution in [-0.4, -0.2) is 31.8 Å². The molecular formula is C21H19ClF2N4O2. The molecule has 0 aliphatic carbocycles. The molecule has 2 aromatic carbocycles. The van der Waals surface area contributed by atoms with Crippen molar-refractivity contribution in [3.8, 4) is 0 Å². The molecule has 0 spiro atoms. The number of nitrogens with one attached hydrogen (secondary N) is 1. The van der Waals surface area contributed by atoms with Crippen molar-refractivity contribution in [1.29, 1.82) is 0 Å². The fourth-order valence-corrected chi connectivity index (χ4v) is 3.11. The first-order valence-corrected chi connectivity index (χ1v) is 9.40. The Labute approximate surface area is 176 Å². The van der Waals surface area contributed by atoms with Crippen LogP contribution in [0.2, 0.25) is 5.02 Å². The van der Waals surface area contributed by atoms with Gasteiger partial charge >= 0.3 is 0 Å². The molecule has 156 valence electrons. The first-order chi connectivity index (χ1) is 14.3. The minimum atomic E-state index is -1.92. The predicted molar refractivity (Wildman–Crippen MR) is 108 cm³/mol. The van der Waals surface area contributed by atoms with Gasteiger partial charge in [0.25, 0.3) is 0 Å². The van der Waals surface area contributed by atoms with Crippen molar-refractivity contribution in [2.75, 3.05) is 0 Å². The van der Waals surface area contributed by atoms with E-state index in [0.29, 0.717) is 11.1 Å². The van der Waals surface area contributed by atoms with Gasteiger partial charge in [0, 0.05) is 22.7 Å². The van der Waals surface area contributed by atoms with Crippen molar-refractivity contribution < 1.29 is 18.7 Å². The Morgan fingerprint density at radius 2 is 2.03 bits per heavy atom. The zero-order valence-corrected chi connectivity index (χ0v) is 16.7. The lowest BCUT2D eigenvalue weighted by Crippen LogP contribution is -2.51. The predicted octanol–water partition coefficient (Wildman–Crippen LogP) is 3.32. The lowest BCUT2D eigenvalue weighted by Gasteiger charge is -2.35. The Hall–Kier alpha value is -3.10. The van der Waals surface area contributed by atoms with Gasteiger partial charge < -0.3 is 10.4 Å². The molecular weight excluding hydrogens is 414 g/mol. The van der Waals surface area contributed by atoms with Crippen LogP contribution in [0, 0.1) is 11.6 Å². The number of nitrogens with zero attached hydrogens (tertiary/aromatic N) is 3. The van der Waals surface area contributed by atoms with Gasteiger partial charge in [-0.05, 0) is 36.8 Å². The highest BCUT2D eigenvalue weighted by molar-refractivity contribution is 6.30. The Morgan fingerprint density at radius 3 is 2.67 bits per heavy atom. The number of aliphatic hydroxyl groups is 1. The van der Waals surface area contributed by atoms with Gasteiger partial charge in [0.1, 0.15) is 29.9 Å². The van der Waals surface area contributed by atoms with Crippen molar-refractivity contribution in [3.63, 3.8) is 0 Å². The minimum absolute atomic E-state index is 0.172.